The van der Waals surface area contributed by atoms with E-state index >= 15 is 0 Å². The van der Waals surface area contributed by atoms with Crippen LogP contribution in [0.25, 0.3) is 5.76 Å². The molecule has 0 bridgehead atoms. The summed E-state index contributed by atoms with van der Waals surface area (Å²) in [7, 11) is 3.01. The summed E-state index contributed by atoms with van der Waals surface area (Å²) in [6, 6.07) is 18.8. The van der Waals surface area contributed by atoms with E-state index in [9.17, 15) is 14.7 Å². The number of aliphatic hydroxyl groups excluding tert-OH is 1. The van der Waals surface area contributed by atoms with Crippen molar-refractivity contribution in [1.29, 1.82) is 0 Å². The Bertz CT molecular complexity index is 1610. The second-order valence-corrected chi connectivity index (χ2v) is 10.3. The molecule has 0 saturated carbocycles. The number of anilines is 1. The molecule has 0 radical (unpaired) electrons. The second-order valence-electron chi connectivity index (χ2n) is 9.13. The van der Waals surface area contributed by atoms with Gasteiger partial charge in [-0.3, -0.25) is 14.5 Å². The fourth-order valence-electron chi connectivity index (χ4n) is 4.55. The minimum atomic E-state index is -0.968. The average molecular weight is 558 g/mol. The molecule has 9 nitrogen and oxygen atoms in total. The summed E-state index contributed by atoms with van der Waals surface area (Å²) >= 11 is 1.18. The number of ether oxygens (including phenoxy) is 3. The zero-order valence-corrected chi connectivity index (χ0v) is 23.2. The lowest BCUT2D eigenvalue weighted by Crippen LogP contribution is -2.29. The van der Waals surface area contributed by atoms with Crippen molar-refractivity contribution in [2.75, 3.05) is 19.1 Å². The van der Waals surface area contributed by atoms with Crippen LogP contribution in [0.4, 0.5) is 5.13 Å². The third-order valence-corrected chi connectivity index (χ3v) is 7.51. The second kappa shape index (κ2) is 11.2. The maximum atomic E-state index is 13.4. The zero-order valence-electron chi connectivity index (χ0n) is 22.4. The van der Waals surface area contributed by atoms with Gasteiger partial charge in [-0.1, -0.05) is 41.7 Å². The molecule has 1 aliphatic heterocycles. The molecule has 0 aliphatic carbocycles. The SMILES string of the molecule is COc1ccc(C2/C(=C(/O)c3ccc(OCc4ccccc4C)cc3)C(=O)C(=O)N2c2nnc(C)s2)cc1OC. The first-order chi connectivity index (χ1) is 19.3. The lowest BCUT2D eigenvalue weighted by molar-refractivity contribution is -0.132. The normalized spacial score (nSPS) is 16.3. The number of carbonyl (C=O) groups excluding carboxylic acids is 2. The quantitative estimate of drug-likeness (QED) is 0.175. The smallest absolute Gasteiger partial charge is 0.301 e. The van der Waals surface area contributed by atoms with Gasteiger partial charge in [-0.05, 0) is 66.9 Å². The number of aromatic nitrogens is 2. The lowest BCUT2D eigenvalue weighted by atomic mass is 9.95. The van der Waals surface area contributed by atoms with Crippen LogP contribution in [0.2, 0.25) is 0 Å². The molecule has 1 aliphatic rings. The Morgan fingerprint density at radius 1 is 0.950 bits per heavy atom. The number of carbonyl (C=O) groups is 2. The maximum Gasteiger partial charge on any atom is 0.301 e. The number of rotatable bonds is 8. The molecule has 2 heterocycles. The van der Waals surface area contributed by atoms with Gasteiger partial charge in [-0.2, -0.15) is 0 Å². The lowest BCUT2D eigenvalue weighted by Gasteiger charge is -2.23. The van der Waals surface area contributed by atoms with E-state index in [4.69, 9.17) is 14.2 Å². The van der Waals surface area contributed by atoms with E-state index in [2.05, 4.69) is 10.2 Å². The third-order valence-electron chi connectivity index (χ3n) is 6.67. The van der Waals surface area contributed by atoms with Crippen LogP contribution in [0, 0.1) is 13.8 Å². The molecule has 1 atom stereocenters. The molecular formula is C30H27N3O6S. The Kier molecular flexibility index (Phi) is 7.52. The topological polar surface area (TPSA) is 111 Å². The molecule has 1 amide bonds. The molecule has 0 spiro atoms. The molecule has 3 aromatic carbocycles. The van der Waals surface area contributed by atoms with Crippen molar-refractivity contribution in [2.24, 2.45) is 0 Å². The Hall–Kier alpha value is -4.70. The first-order valence-electron chi connectivity index (χ1n) is 12.4. The van der Waals surface area contributed by atoms with Crippen molar-refractivity contribution in [3.05, 3.63) is 99.6 Å². The predicted molar refractivity (Wildman–Crippen MR) is 151 cm³/mol. The van der Waals surface area contributed by atoms with Gasteiger partial charge >= 0.3 is 5.91 Å². The number of Topliss-reactive ketones (excluding diaryl/α,β-unsaturated/α-hetero) is 1. The Morgan fingerprint density at radius 3 is 2.33 bits per heavy atom. The van der Waals surface area contributed by atoms with Gasteiger partial charge in [-0.15, -0.1) is 10.2 Å². The van der Waals surface area contributed by atoms with E-state index in [1.54, 1.807) is 49.4 Å². The average Bonchev–Trinajstić information content (AvgIpc) is 3.51. The fraction of sp³-hybridized carbons (Fsp3) is 0.200. The number of aliphatic hydroxyl groups is 1. The van der Waals surface area contributed by atoms with Crippen LogP contribution < -0.4 is 19.1 Å². The van der Waals surface area contributed by atoms with E-state index in [1.165, 1.54) is 30.5 Å². The highest BCUT2D eigenvalue weighted by atomic mass is 32.1. The van der Waals surface area contributed by atoms with Gasteiger partial charge in [0.25, 0.3) is 5.78 Å². The Balaban J connectivity index is 1.54. The summed E-state index contributed by atoms with van der Waals surface area (Å²) in [6.07, 6.45) is 0. The van der Waals surface area contributed by atoms with Crippen LogP contribution in [-0.2, 0) is 16.2 Å². The molecule has 5 rings (SSSR count). The summed E-state index contributed by atoms with van der Waals surface area (Å²) in [5.74, 6) is -0.459. The zero-order chi connectivity index (χ0) is 28.4. The molecule has 1 N–H and O–H groups in total. The van der Waals surface area contributed by atoms with Gasteiger partial charge in [0.05, 0.1) is 25.8 Å². The molecule has 1 fully saturated rings. The molecule has 1 saturated heterocycles. The van der Waals surface area contributed by atoms with Crippen LogP contribution in [0.1, 0.15) is 33.3 Å². The first-order valence-corrected chi connectivity index (χ1v) is 13.2. The standard InChI is InChI=1S/C30H27N3O6S/c1-17-7-5-6-8-21(17)16-39-22-12-9-19(10-13-22)27(34)25-26(20-11-14-23(37-3)24(15-20)38-4)33(29(36)28(25)35)30-32-31-18(2)40-30/h5-15,26,34H,16H2,1-4H3/b27-25-. The predicted octanol–water partition coefficient (Wildman–Crippen LogP) is 5.38. The van der Waals surface area contributed by atoms with Gasteiger partial charge in [0.1, 0.15) is 23.1 Å². The van der Waals surface area contributed by atoms with Crippen LogP contribution >= 0.6 is 11.3 Å². The summed E-state index contributed by atoms with van der Waals surface area (Å²) in [5.41, 5.74) is 3.02. The van der Waals surface area contributed by atoms with Crippen molar-refractivity contribution in [3.8, 4) is 17.2 Å². The van der Waals surface area contributed by atoms with Gasteiger partial charge in [0.2, 0.25) is 5.13 Å². The minimum Gasteiger partial charge on any atom is -0.507 e. The van der Waals surface area contributed by atoms with E-state index < -0.39 is 17.7 Å². The number of amides is 1. The molecule has 1 aromatic heterocycles. The highest BCUT2D eigenvalue weighted by Crippen LogP contribution is 2.44. The number of methoxy groups -OCH3 is 2. The highest BCUT2D eigenvalue weighted by molar-refractivity contribution is 7.15. The van der Waals surface area contributed by atoms with Crippen molar-refractivity contribution >= 4 is 33.9 Å². The van der Waals surface area contributed by atoms with Crippen LogP contribution in [0.15, 0.2) is 72.3 Å². The molecule has 204 valence electrons. The molecule has 4 aromatic rings. The number of aryl methyl sites for hydroxylation is 2. The minimum absolute atomic E-state index is 0.0707. The van der Waals surface area contributed by atoms with Gasteiger partial charge in [-0.25, -0.2) is 0 Å². The first kappa shape index (κ1) is 26.9. The summed E-state index contributed by atoms with van der Waals surface area (Å²) in [5, 5.41) is 20.4. The van der Waals surface area contributed by atoms with Crippen molar-refractivity contribution in [3.63, 3.8) is 0 Å². The summed E-state index contributed by atoms with van der Waals surface area (Å²) in [4.78, 5) is 28.0. The van der Waals surface area contributed by atoms with Crippen LogP contribution in [0.3, 0.4) is 0 Å². The maximum absolute atomic E-state index is 13.4. The molecule has 1 unspecified atom stereocenters. The monoisotopic (exact) mass is 557 g/mol. The van der Waals surface area contributed by atoms with Crippen molar-refractivity contribution < 1.29 is 28.9 Å². The third kappa shape index (κ3) is 5.01. The Morgan fingerprint density at radius 2 is 1.68 bits per heavy atom. The van der Waals surface area contributed by atoms with E-state index in [0.717, 1.165) is 11.1 Å². The van der Waals surface area contributed by atoms with Gasteiger partial charge in [0, 0.05) is 5.56 Å². The molecule has 40 heavy (non-hydrogen) atoms. The number of hydrogen-bond donors (Lipinski definition) is 1. The summed E-state index contributed by atoms with van der Waals surface area (Å²) < 4.78 is 16.7. The Labute approximate surface area is 235 Å². The summed E-state index contributed by atoms with van der Waals surface area (Å²) in [6.45, 7) is 4.17. The number of nitrogens with zero attached hydrogens (tertiary/aromatic N) is 3. The van der Waals surface area contributed by atoms with E-state index in [-0.39, 0.29) is 16.5 Å². The number of ketones is 1. The fourth-order valence-corrected chi connectivity index (χ4v) is 5.26. The highest BCUT2D eigenvalue weighted by Gasteiger charge is 2.48. The largest absolute Gasteiger partial charge is 0.507 e. The molecule has 10 heteroatoms. The van der Waals surface area contributed by atoms with Crippen molar-refractivity contribution in [2.45, 2.75) is 26.5 Å². The number of hydrogen-bond acceptors (Lipinski definition) is 9. The van der Waals surface area contributed by atoms with Gasteiger partial charge < -0.3 is 19.3 Å². The van der Waals surface area contributed by atoms with Gasteiger partial charge in [0.15, 0.2) is 11.5 Å². The number of benzene rings is 3. The van der Waals surface area contributed by atoms with Crippen LogP contribution in [-0.4, -0.2) is 41.2 Å². The van der Waals surface area contributed by atoms with E-state index in [1.807, 2.05) is 31.2 Å². The molecular weight excluding hydrogens is 530 g/mol. The van der Waals surface area contributed by atoms with Crippen LogP contribution in [0.5, 0.6) is 17.2 Å². The van der Waals surface area contributed by atoms with E-state index in [0.29, 0.717) is 40.0 Å². The van der Waals surface area contributed by atoms with Crippen molar-refractivity contribution in [1.82, 2.24) is 10.2 Å².